The lowest BCUT2D eigenvalue weighted by Gasteiger charge is -2.35. The first-order valence-electron chi connectivity index (χ1n) is 8.67. The van der Waals surface area contributed by atoms with Gasteiger partial charge in [0.15, 0.2) is 0 Å². The van der Waals surface area contributed by atoms with Gasteiger partial charge < -0.3 is 10.1 Å². The molecule has 0 spiro atoms. The first-order chi connectivity index (χ1) is 11.5. The fourth-order valence-corrected chi connectivity index (χ4v) is 4.75. The Labute approximate surface area is 150 Å². The molecule has 7 heteroatoms. The molecule has 1 aromatic carbocycles. The summed E-state index contributed by atoms with van der Waals surface area (Å²) >= 11 is 0. The van der Waals surface area contributed by atoms with Gasteiger partial charge in [-0.15, -0.1) is 0 Å². The van der Waals surface area contributed by atoms with E-state index >= 15 is 0 Å². The zero-order valence-corrected chi connectivity index (χ0v) is 16.8. The number of nitrogens with one attached hydrogen (secondary N) is 3. The average molecular weight is 368 g/mol. The number of ether oxygens (including phenoxy) is 1. The Balaban J connectivity index is 2.50. The van der Waals surface area contributed by atoms with Crippen molar-refractivity contribution in [3.8, 4) is 5.75 Å². The molecule has 6 nitrogen and oxygen atoms in total. The van der Waals surface area contributed by atoms with Crippen molar-refractivity contribution in [3.63, 3.8) is 0 Å². The Morgan fingerprint density at radius 3 is 2.44 bits per heavy atom. The molecule has 3 N–H and O–H groups in total. The predicted molar refractivity (Wildman–Crippen MR) is 100 cm³/mol. The van der Waals surface area contributed by atoms with E-state index in [0.717, 1.165) is 36.1 Å². The molecule has 1 aliphatic rings. The molecule has 25 heavy (non-hydrogen) atoms. The minimum atomic E-state index is -3.83. The fraction of sp³-hybridized carbons (Fsp3) is 0.611. The molecule has 0 saturated heterocycles. The molecule has 0 fully saturated rings. The van der Waals surface area contributed by atoms with Crippen LogP contribution in [0.25, 0.3) is 0 Å². The second-order valence-corrected chi connectivity index (χ2v) is 8.90. The Kier molecular flexibility index (Phi) is 5.37. The van der Waals surface area contributed by atoms with Crippen molar-refractivity contribution in [2.45, 2.75) is 71.3 Å². The molecule has 0 saturated carbocycles. The highest BCUT2D eigenvalue weighted by atomic mass is 32.2. The second-order valence-electron chi connectivity index (χ2n) is 7.28. The van der Waals surface area contributed by atoms with Gasteiger partial charge in [-0.3, -0.25) is 5.41 Å². The summed E-state index contributed by atoms with van der Waals surface area (Å²) in [5.74, 6) is 0.609. The van der Waals surface area contributed by atoms with Crippen LogP contribution in [0, 0.1) is 26.2 Å². The lowest BCUT2D eigenvalue weighted by atomic mass is 9.88. The molecule has 0 unspecified atom stereocenters. The van der Waals surface area contributed by atoms with Gasteiger partial charge in [0.25, 0.3) is 10.0 Å². The van der Waals surface area contributed by atoms with Crippen LogP contribution in [0.3, 0.4) is 0 Å². The van der Waals surface area contributed by atoms with Crippen molar-refractivity contribution in [1.29, 1.82) is 5.41 Å². The third-order valence-electron chi connectivity index (χ3n) is 4.72. The van der Waals surface area contributed by atoms with E-state index in [1.807, 2.05) is 34.6 Å². The lowest BCUT2D eigenvalue weighted by Crippen LogP contribution is -2.41. The monoisotopic (exact) mass is 367 g/mol. The van der Waals surface area contributed by atoms with Crippen molar-refractivity contribution in [2.75, 3.05) is 6.54 Å². The third kappa shape index (κ3) is 3.92. The summed E-state index contributed by atoms with van der Waals surface area (Å²) < 4.78 is 34.2. The Hall–Kier alpha value is -1.76. The second kappa shape index (κ2) is 6.86. The number of fused-ring (bicyclic) bond motifs is 1. The van der Waals surface area contributed by atoms with Crippen LogP contribution in [-0.4, -0.2) is 26.5 Å². The molecule has 0 bridgehead atoms. The minimum Gasteiger partial charge on any atom is -0.487 e. The number of hydrogen-bond acceptors (Lipinski definition) is 4. The zero-order valence-electron chi connectivity index (χ0n) is 16.0. The molecule has 0 aromatic heterocycles. The van der Waals surface area contributed by atoms with Crippen LogP contribution in [0.15, 0.2) is 4.90 Å². The van der Waals surface area contributed by atoms with Gasteiger partial charge in [0.2, 0.25) is 5.96 Å². The van der Waals surface area contributed by atoms with E-state index < -0.39 is 10.0 Å². The molecule has 1 aromatic rings. The standard InChI is InChI=1S/C18H29N3O3S/c1-7-10-20-17(19)21-25(22,23)16-12(3)11(2)15-14(13(16)4)8-9-18(5,6)24-15/h7-10H2,1-6H3,(H3,19,20,21). The number of hydrogen-bond donors (Lipinski definition) is 3. The highest BCUT2D eigenvalue weighted by Gasteiger charge is 2.33. The Morgan fingerprint density at radius 2 is 1.84 bits per heavy atom. The summed E-state index contributed by atoms with van der Waals surface area (Å²) in [5, 5.41) is 10.6. The van der Waals surface area contributed by atoms with Gasteiger partial charge in [-0.2, -0.15) is 0 Å². The van der Waals surface area contributed by atoms with Crippen LogP contribution < -0.4 is 14.8 Å². The van der Waals surface area contributed by atoms with E-state index in [-0.39, 0.29) is 16.5 Å². The fourth-order valence-electron chi connectivity index (χ4n) is 3.22. The summed E-state index contributed by atoms with van der Waals surface area (Å²) in [6, 6.07) is 0. The lowest BCUT2D eigenvalue weighted by molar-refractivity contribution is 0.0832. The Morgan fingerprint density at radius 1 is 1.20 bits per heavy atom. The molecule has 140 valence electrons. The van der Waals surface area contributed by atoms with Gasteiger partial charge in [-0.25, -0.2) is 13.1 Å². The van der Waals surface area contributed by atoms with E-state index in [9.17, 15) is 8.42 Å². The van der Waals surface area contributed by atoms with E-state index in [0.29, 0.717) is 17.7 Å². The first kappa shape index (κ1) is 19.6. The maximum Gasteiger partial charge on any atom is 0.264 e. The Bertz CT molecular complexity index is 799. The number of guanidine groups is 1. The van der Waals surface area contributed by atoms with Gasteiger partial charge in [0.05, 0.1) is 4.90 Å². The molecule has 0 amide bonds. The van der Waals surface area contributed by atoms with Gasteiger partial charge in [0.1, 0.15) is 11.4 Å². The summed E-state index contributed by atoms with van der Waals surface area (Å²) in [6.45, 7) is 12.1. The van der Waals surface area contributed by atoms with Crippen LogP contribution in [0.4, 0.5) is 0 Å². The van der Waals surface area contributed by atoms with Crippen LogP contribution >= 0.6 is 0 Å². The van der Waals surface area contributed by atoms with Gasteiger partial charge >= 0.3 is 0 Å². The molecule has 0 aliphatic carbocycles. The summed E-state index contributed by atoms with van der Waals surface area (Å²) in [7, 11) is -3.83. The highest BCUT2D eigenvalue weighted by molar-refractivity contribution is 7.90. The van der Waals surface area contributed by atoms with E-state index in [2.05, 4.69) is 10.0 Å². The maximum atomic E-state index is 12.9. The third-order valence-corrected chi connectivity index (χ3v) is 6.35. The van der Waals surface area contributed by atoms with Crippen LogP contribution in [0.5, 0.6) is 5.75 Å². The summed E-state index contributed by atoms with van der Waals surface area (Å²) in [4.78, 5) is 0.259. The van der Waals surface area contributed by atoms with Crippen molar-refractivity contribution >= 4 is 16.0 Å². The topological polar surface area (TPSA) is 91.3 Å². The van der Waals surface area contributed by atoms with E-state index in [1.54, 1.807) is 6.92 Å². The van der Waals surface area contributed by atoms with Gasteiger partial charge in [-0.1, -0.05) is 6.92 Å². The largest absolute Gasteiger partial charge is 0.487 e. The maximum absolute atomic E-state index is 12.9. The quantitative estimate of drug-likeness (QED) is 0.564. The minimum absolute atomic E-state index is 0.201. The summed E-state index contributed by atoms with van der Waals surface area (Å²) in [5.41, 5.74) is 2.94. The van der Waals surface area contributed by atoms with Crippen molar-refractivity contribution < 1.29 is 13.2 Å². The van der Waals surface area contributed by atoms with Crippen molar-refractivity contribution in [3.05, 3.63) is 22.3 Å². The predicted octanol–water partition coefficient (Wildman–Crippen LogP) is 2.93. The number of rotatable bonds is 4. The van der Waals surface area contributed by atoms with E-state index in [4.69, 9.17) is 10.1 Å². The number of sulfonamides is 1. The average Bonchev–Trinajstić information content (AvgIpc) is 2.49. The van der Waals surface area contributed by atoms with Crippen LogP contribution in [-0.2, 0) is 16.4 Å². The first-order valence-corrected chi connectivity index (χ1v) is 10.2. The van der Waals surface area contributed by atoms with Crippen LogP contribution in [0.2, 0.25) is 0 Å². The van der Waals surface area contributed by atoms with Crippen molar-refractivity contribution in [2.24, 2.45) is 0 Å². The summed E-state index contributed by atoms with van der Waals surface area (Å²) in [6.07, 6.45) is 2.43. The smallest absolute Gasteiger partial charge is 0.264 e. The molecule has 1 aliphatic heterocycles. The van der Waals surface area contributed by atoms with Gasteiger partial charge in [-0.05, 0) is 76.1 Å². The zero-order chi connectivity index (χ0) is 19.0. The molecule has 2 rings (SSSR count). The molecule has 1 heterocycles. The normalized spacial score (nSPS) is 15.9. The molecule has 0 radical (unpaired) electrons. The van der Waals surface area contributed by atoms with Crippen LogP contribution in [0.1, 0.15) is 55.9 Å². The van der Waals surface area contributed by atoms with Crippen molar-refractivity contribution in [1.82, 2.24) is 10.0 Å². The SMILES string of the molecule is CCCNC(=N)NS(=O)(=O)c1c(C)c(C)c2c(c1C)CCC(C)(C)O2. The number of benzene rings is 1. The van der Waals surface area contributed by atoms with Gasteiger partial charge in [0, 0.05) is 6.54 Å². The molecule has 0 atom stereocenters. The highest BCUT2D eigenvalue weighted by Crippen LogP contribution is 2.42. The van der Waals surface area contributed by atoms with E-state index in [1.165, 1.54) is 0 Å². The molecular weight excluding hydrogens is 338 g/mol. The molecular formula is C18H29N3O3S.